The molecule has 0 radical (unpaired) electrons. The minimum absolute atomic E-state index is 0.0522. The first-order chi connectivity index (χ1) is 14.4. The van der Waals surface area contributed by atoms with Gasteiger partial charge in [-0.2, -0.15) is 5.10 Å². The van der Waals surface area contributed by atoms with E-state index in [0.29, 0.717) is 16.9 Å². The van der Waals surface area contributed by atoms with Crippen LogP contribution >= 0.6 is 0 Å². The number of amides is 1. The number of carbonyl (C=O) groups is 2. The Morgan fingerprint density at radius 1 is 1.07 bits per heavy atom. The second kappa shape index (κ2) is 9.51. The Bertz CT molecular complexity index is 1110. The topological polar surface area (TPSA) is 111 Å². The maximum Gasteiger partial charge on any atom is 0.411 e. The monoisotopic (exact) mass is 407 g/mol. The van der Waals surface area contributed by atoms with E-state index in [-0.39, 0.29) is 25.1 Å². The molecule has 154 valence electrons. The molecular weight excluding hydrogens is 386 g/mol. The van der Waals surface area contributed by atoms with Crippen LogP contribution in [-0.2, 0) is 22.5 Å². The number of rotatable bonds is 7. The summed E-state index contributed by atoms with van der Waals surface area (Å²) in [5.41, 5.74) is 3.14. The molecule has 8 nitrogen and oxygen atoms in total. The van der Waals surface area contributed by atoms with E-state index >= 15 is 0 Å². The molecule has 3 rings (SSSR count). The second-order valence-corrected chi connectivity index (χ2v) is 6.53. The lowest BCUT2D eigenvalue weighted by Crippen LogP contribution is -2.23. The van der Waals surface area contributed by atoms with E-state index in [4.69, 9.17) is 9.84 Å². The Balaban J connectivity index is 1.80. The van der Waals surface area contributed by atoms with Gasteiger partial charge < -0.3 is 9.84 Å². The van der Waals surface area contributed by atoms with Crippen LogP contribution in [0.2, 0.25) is 0 Å². The van der Waals surface area contributed by atoms with Gasteiger partial charge in [0.05, 0.1) is 25.3 Å². The zero-order valence-electron chi connectivity index (χ0n) is 16.4. The Kier molecular flexibility index (Phi) is 6.59. The van der Waals surface area contributed by atoms with Gasteiger partial charge in [0.2, 0.25) is 0 Å². The number of aliphatic carboxylic acids is 1. The summed E-state index contributed by atoms with van der Waals surface area (Å²) >= 11 is 0. The van der Waals surface area contributed by atoms with E-state index in [2.05, 4.69) is 10.4 Å². The average Bonchev–Trinajstić information content (AvgIpc) is 2.70. The molecule has 0 spiro atoms. The fourth-order valence-corrected chi connectivity index (χ4v) is 2.89. The molecule has 0 aliphatic rings. The zero-order chi connectivity index (χ0) is 21.5. The summed E-state index contributed by atoms with van der Waals surface area (Å²) in [6.07, 6.45) is -0.595. The maximum atomic E-state index is 12.3. The van der Waals surface area contributed by atoms with Crippen molar-refractivity contribution in [3.8, 4) is 11.3 Å². The standard InChI is InChI=1S/C22H21N3O5/c1-2-30-22(29)23-18-5-3-4-16(12-18)14-25-20(26)11-10-19(24-25)17-8-6-15(7-9-17)13-21(27)28/h3-12H,2,13-14H2,1H3,(H,23,29)(H,27,28). The van der Waals surface area contributed by atoms with Crippen LogP contribution in [0.15, 0.2) is 65.5 Å². The Morgan fingerprint density at radius 3 is 2.53 bits per heavy atom. The number of ether oxygens (including phenoxy) is 1. The van der Waals surface area contributed by atoms with Crippen molar-refractivity contribution < 1.29 is 19.4 Å². The summed E-state index contributed by atoms with van der Waals surface area (Å²) in [6, 6.07) is 17.2. The van der Waals surface area contributed by atoms with Gasteiger partial charge in [-0.3, -0.25) is 14.9 Å². The third-order valence-corrected chi connectivity index (χ3v) is 4.25. The number of hydrogen-bond donors (Lipinski definition) is 2. The van der Waals surface area contributed by atoms with Gasteiger partial charge in [-0.1, -0.05) is 36.4 Å². The van der Waals surface area contributed by atoms with Gasteiger partial charge in [0, 0.05) is 17.3 Å². The highest BCUT2D eigenvalue weighted by Crippen LogP contribution is 2.17. The molecule has 30 heavy (non-hydrogen) atoms. The quantitative estimate of drug-likeness (QED) is 0.622. The largest absolute Gasteiger partial charge is 0.481 e. The lowest BCUT2D eigenvalue weighted by molar-refractivity contribution is -0.136. The number of nitrogens with zero attached hydrogens (tertiary/aromatic N) is 2. The molecule has 2 N–H and O–H groups in total. The fourth-order valence-electron chi connectivity index (χ4n) is 2.89. The highest BCUT2D eigenvalue weighted by Gasteiger charge is 2.07. The molecule has 8 heteroatoms. The van der Waals surface area contributed by atoms with Crippen molar-refractivity contribution in [3.63, 3.8) is 0 Å². The number of anilines is 1. The van der Waals surface area contributed by atoms with Crippen molar-refractivity contribution in [2.45, 2.75) is 19.9 Å². The van der Waals surface area contributed by atoms with Gasteiger partial charge in [0.1, 0.15) is 0 Å². The lowest BCUT2D eigenvalue weighted by atomic mass is 10.1. The predicted octanol–water partition coefficient (Wildman–Crippen LogP) is 3.15. The highest BCUT2D eigenvalue weighted by atomic mass is 16.5. The molecule has 1 aromatic heterocycles. The summed E-state index contributed by atoms with van der Waals surface area (Å²) < 4.78 is 6.20. The number of carboxylic acids is 1. The van der Waals surface area contributed by atoms with Crippen LogP contribution in [0.4, 0.5) is 10.5 Å². The van der Waals surface area contributed by atoms with Gasteiger partial charge >= 0.3 is 12.1 Å². The molecule has 0 aliphatic heterocycles. The van der Waals surface area contributed by atoms with Crippen LogP contribution in [0.5, 0.6) is 0 Å². The Hall–Kier alpha value is -3.94. The highest BCUT2D eigenvalue weighted by molar-refractivity contribution is 5.84. The van der Waals surface area contributed by atoms with Gasteiger partial charge in [0.15, 0.2) is 0 Å². The van der Waals surface area contributed by atoms with Crippen LogP contribution in [0.25, 0.3) is 11.3 Å². The molecule has 0 bridgehead atoms. The summed E-state index contributed by atoms with van der Waals surface area (Å²) in [6.45, 7) is 2.22. The molecule has 1 amide bonds. The van der Waals surface area contributed by atoms with Crippen molar-refractivity contribution >= 4 is 17.7 Å². The van der Waals surface area contributed by atoms with Crippen LogP contribution in [0.3, 0.4) is 0 Å². The first kappa shape index (κ1) is 20.8. The number of hydrogen-bond acceptors (Lipinski definition) is 5. The number of benzene rings is 2. The molecule has 0 aliphatic carbocycles. The van der Waals surface area contributed by atoms with E-state index in [1.165, 1.54) is 10.7 Å². The van der Waals surface area contributed by atoms with Gasteiger partial charge in [-0.25, -0.2) is 9.48 Å². The minimum atomic E-state index is -0.894. The van der Waals surface area contributed by atoms with Crippen LogP contribution in [-0.4, -0.2) is 33.6 Å². The number of carboxylic acid groups (broad SMARTS) is 1. The minimum Gasteiger partial charge on any atom is -0.481 e. The van der Waals surface area contributed by atoms with Crippen LogP contribution in [0.1, 0.15) is 18.1 Å². The Labute approximate surface area is 172 Å². The molecular formula is C22H21N3O5. The molecule has 0 atom stereocenters. The van der Waals surface area contributed by atoms with Crippen molar-refractivity contribution in [1.29, 1.82) is 0 Å². The average molecular weight is 407 g/mol. The van der Waals surface area contributed by atoms with Crippen molar-refractivity contribution in [2.75, 3.05) is 11.9 Å². The second-order valence-electron chi connectivity index (χ2n) is 6.53. The molecule has 1 heterocycles. The first-order valence-corrected chi connectivity index (χ1v) is 9.36. The van der Waals surface area contributed by atoms with Crippen LogP contribution in [0, 0.1) is 0 Å². The molecule has 0 unspecified atom stereocenters. The summed E-state index contributed by atoms with van der Waals surface area (Å²) in [5, 5.41) is 15.9. The zero-order valence-corrected chi connectivity index (χ0v) is 16.4. The molecule has 2 aromatic carbocycles. The van der Waals surface area contributed by atoms with Crippen LogP contribution < -0.4 is 10.9 Å². The first-order valence-electron chi connectivity index (χ1n) is 9.36. The number of aromatic nitrogens is 2. The lowest BCUT2D eigenvalue weighted by Gasteiger charge is -2.10. The van der Waals surface area contributed by atoms with E-state index in [0.717, 1.165) is 11.1 Å². The normalized spacial score (nSPS) is 10.4. The smallest absolute Gasteiger partial charge is 0.411 e. The van der Waals surface area contributed by atoms with E-state index in [1.807, 2.05) is 6.07 Å². The number of carbonyl (C=O) groups excluding carboxylic acids is 1. The van der Waals surface area contributed by atoms with Crippen molar-refractivity contribution in [2.24, 2.45) is 0 Å². The van der Waals surface area contributed by atoms with Crippen molar-refractivity contribution in [3.05, 3.63) is 82.1 Å². The van der Waals surface area contributed by atoms with Gasteiger partial charge in [0.25, 0.3) is 5.56 Å². The molecule has 3 aromatic rings. The number of nitrogens with one attached hydrogen (secondary N) is 1. The molecule has 0 saturated carbocycles. The molecule has 0 fully saturated rings. The fraction of sp³-hybridized carbons (Fsp3) is 0.182. The van der Waals surface area contributed by atoms with E-state index < -0.39 is 12.1 Å². The van der Waals surface area contributed by atoms with Gasteiger partial charge in [-0.15, -0.1) is 0 Å². The third-order valence-electron chi connectivity index (χ3n) is 4.25. The third kappa shape index (κ3) is 5.54. The SMILES string of the molecule is CCOC(=O)Nc1cccc(Cn2nc(-c3ccc(CC(=O)O)cc3)ccc2=O)c1. The van der Waals surface area contributed by atoms with E-state index in [1.54, 1.807) is 55.5 Å². The Morgan fingerprint density at radius 2 is 1.83 bits per heavy atom. The van der Waals surface area contributed by atoms with Gasteiger partial charge in [-0.05, 0) is 36.2 Å². The maximum absolute atomic E-state index is 12.3. The summed E-state index contributed by atoms with van der Waals surface area (Å²) in [7, 11) is 0. The van der Waals surface area contributed by atoms with Crippen molar-refractivity contribution in [1.82, 2.24) is 9.78 Å². The summed E-state index contributed by atoms with van der Waals surface area (Å²) in [5.74, 6) is -0.894. The molecule has 0 saturated heterocycles. The predicted molar refractivity (Wildman–Crippen MR) is 111 cm³/mol. The van der Waals surface area contributed by atoms with E-state index in [9.17, 15) is 14.4 Å². The summed E-state index contributed by atoms with van der Waals surface area (Å²) in [4.78, 5) is 34.7.